The monoisotopic (exact) mass is 511 g/mol. The molecule has 1 aliphatic rings. The summed E-state index contributed by atoms with van der Waals surface area (Å²) in [6, 6.07) is 17.1. The Kier molecular flexibility index (Phi) is 7.51. The van der Waals surface area contributed by atoms with Crippen molar-refractivity contribution in [2.75, 3.05) is 21.0 Å². The van der Waals surface area contributed by atoms with E-state index in [9.17, 15) is 13.6 Å². The summed E-state index contributed by atoms with van der Waals surface area (Å²) in [5, 5.41) is 0. The first kappa shape index (κ1) is 25.5. The van der Waals surface area contributed by atoms with Crippen LogP contribution in [-0.2, 0) is 21.2 Å². The van der Waals surface area contributed by atoms with Gasteiger partial charge in [0, 0.05) is 6.07 Å². The average molecular weight is 512 g/mol. The second-order valence-corrected chi connectivity index (χ2v) is 10.4. The molecule has 1 aliphatic heterocycles. The minimum Gasteiger partial charge on any atom is -0.497 e. The second kappa shape index (κ2) is 10.6. The molecule has 0 spiro atoms. The van der Waals surface area contributed by atoms with Gasteiger partial charge in [-0.3, -0.25) is 9.35 Å². The second-order valence-electron chi connectivity index (χ2n) is 8.74. The van der Waals surface area contributed by atoms with Crippen LogP contribution in [0.4, 0.5) is 0 Å². The van der Waals surface area contributed by atoms with E-state index in [1.165, 1.54) is 12.1 Å². The SMILES string of the molecule is COc1cc(CC(C(=O)N=S(=O)(O)c2ccc(C(C)C)cc2)c2ccc3c(c2)OCO3)cc(OC)c1. The van der Waals surface area contributed by atoms with E-state index in [4.69, 9.17) is 18.9 Å². The van der Waals surface area contributed by atoms with Crippen molar-refractivity contribution in [1.82, 2.24) is 0 Å². The zero-order valence-electron chi connectivity index (χ0n) is 20.6. The average Bonchev–Trinajstić information content (AvgIpc) is 3.34. The molecule has 2 atom stereocenters. The van der Waals surface area contributed by atoms with E-state index in [2.05, 4.69) is 4.36 Å². The predicted octanol–water partition coefficient (Wildman–Crippen LogP) is 5.41. The van der Waals surface area contributed by atoms with Crippen LogP contribution in [-0.4, -0.2) is 35.7 Å². The molecule has 36 heavy (non-hydrogen) atoms. The minimum absolute atomic E-state index is 0.0766. The maximum Gasteiger partial charge on any atom is 0.263 e. The molecule has 2 unspecified atom stereocenters. The Morgan fingerprint density at radius 2 is 1.56 bits per heavy atom. The standard InChI is InChI=1S/C27H29NO7S/c1-17(2)19-5-8-23(9-6-19)36(30,31)28-27(29)24(20-7-10-25-26(14-20)35-16-34-25)13-18-11-21(32-3)15-22(12-18)33-4/h5-12,14-15,17,24H,13,16H2,1-4H3,(H,28,29,30,31). The predicted molar refractivity (Wildman–Crippen MR) is 136 cm³/mol. The molecule has 9 heteroatoms. The number of methoxy groups -OCH3 is 2. The largest absolute Gasteiger partial charge is 0.497 e. The topological polar surface area (TPSA) is 104 Å². The van der Waals surface area contributed by atoms with Crippen molar-refractivity contribution < 1.29 is 32.5 Å². The number of benzene rings is 3. The highest BCUT2D eigenvalue weighted by Gasteiger charge is 2.26. The van der Waals surface area contributed by atoms with Crippen molar-refractivity contribution in [2.24, 2.45) is 4.36 Å². The Labute approximate surface area is 211 Å². The Morgan fingerprint density at radius 1 is 0.944 bits per heavy atom. The highest BCUT2D eigenvalue weighted by Crippen LogP contribution is 2.37. The van der Waals surface area contributed by atoms with Gasteiger partial charge in [0.1, 0.15) is 11.5 Å². The molecule has 190 valence electrons. The summed E-state index contributed by atoms with van der Waals surface area (Å²) in [4.78, 5) is 13.6. The third kappa shape index (κ3) is 5.63. The fourth-order valence-corrected chi connectivity index (χ4v) is 4.93. The van der Waals surface area contributed by atoms with E-state index >= 15 is 0 Å². The van der Waals surface area contributed by atoms with Gasteiger partial charge in [-0.15, -0.1) is 4.36 Å². The van der Waals surface area contributed by atoms with Gasteiger partial charge < -0.3 is 18.9 Å². The normalized spacial score (nSPS) is 14.7. The number of rotatable bonds is 8. The van der Waals surface area contributed by atoms with Gasteiger partial charge >= 0.3 is 0 Å². The number of amides is 1. The lowest BCUT2D eigenvalue weighted by Gasteiger charge is -2.17. The van der Waals surface area contributed by atoms with E-state index in [-0.39, 0.29) is 24.0 Å². The molecule has 0 saturated heterocycles. The highest BCUT2D eigenvalue weighted by molar-refractivity contribution is 7.88. The van der Waals surface area contributed by atoms with Gasteiger partial charge in [0.15, 0.2) is 21.5 Å². The lowest BCUT2D eigenvalue weighted by molar-refractivity contribution is -0.119. The number of hydrogen-bond donors (Lipinski definition) is 1. The maximum atomic E-state index is 13.5. The van der Waals surface area contributed by atoms with Crippen molar-refractivity contribution in [2.45, 2.75) is 37.0 Å². The van der Waals surface area contributed by atoms with Crippen molar-refractivity contribution >= 4 is 15.9 Å². The molecule has 0 radical (unpaired) electrons. The fraction of sp³-hybridized carbons (Fsp3) is 0.296. The maximum absolute atomic E-state index is 13.5. The van der Waals surface area contributed by atoms with Crippen molar-refractivity contribution in [3.8, 4) is 23.0 Å². The van der Waals surface area contributed by atoms with Gasteiger partial charge in [0.05, 0.1) is 25.0 Å². The Bertz CT molecular complexity index is 1350. The molecular formula is C27H29NO7S. The summed E-state index contributed by atoms with van der Waals surface area (Å²) < 4.78 is 49.3. The van der Waals surface area contributed by atoms with Crippen molar-refractivity contribution in [3.05, 3.63) is 77.4 Å². The lowest BCUT2D eigenvalue weighted by Crippen LogP contribution is -2.16. The Hall–Kier alpha value is -3.56. The van der Waals surface area contributed by atoms with Crippen LogP contribution in [0.3, 0.4) is 0 Å². The molecular weight excluding hydrogens is 482 g/mol. The van der Waals surface area contributed by atoms with Gasteiger partial charge in [0.25, 0.3) is 5.91 Å². The third-order valence-corrected chi connectivity index (χ3v) is 7.33. The van der Waals surface area contributed by atoms with E-state index in [0.717, 1.165) is 11.1 Å². The summed E-state index contributed by atoms with van der Waals surface area (Å²) in [5.74, 6) is 0.880. The zero-order valence-corrected chi connectivity index (χ0v) is 21.4. The lowest BCUT2D eigenvalue weighted by atomic mass is 9.91. The van der Waals surface area contributed by atoms with Crippen LogP contribution in [0.2, 0.25) is 0 Å². The van der Waals surface area contributed by atoms with E-state index in [1.807, 2.05) is 13.8 Å². The number of carbonyl (C=O) groups excluding carboxylic acids is 1. The number of hydrogen-bond acceptors (Lipinski definition) is 6. The van der Waals surface area contributed by atoms with Crippen LogP contribution in [0.25, 0.3) is 0 Å². The van der Waals surface area contributed by atoms with Gasteiger partial charge in [-0.05, 0) is 65.4 Å². The molecule has 0 fully saturated rings. The molecule has 0 bridgehead atoms. The van der Waals surface area contributed by atoms with Crippen molar-refractivity contribution in [3.63, 3.8) is 0 Å². The minimum atomic E-state index is -3.96. The van der Waals surface area contributed by atoms with Gasteiger partial charge in [-0.25, -0.2) is 4.21 Å². The van der Waals surface area contributed by atoms with Crippen LogP contribution in [0.15, 0.2) is 69.9 Å². The highest BCUT2D eigenvalue weighted by atomic mass is 32.2. The molecule has 0 aliphatic carbocycles. The number of nitrogens with zero attached hydrogens (tertiary/aromatic N) is 1. The molecule has 1 heterocycles. The smallest absolute Gasteiger partial charge is 0.263 e. The molecule has 0 aromatic heterocycles. The van der Waals surface area contributed by atoms with Crippen LogP contribution in [0.1, 0.15) is 42.4 Å². The van der Waals surface area contributed by atoms with E-state index < -0.39 is 21.8 Å². The molecule has 8 nitrogen and oxygen atoms in total. The van der Waals surface area contributed by atoms with Crippen LogP contribution >= 0.6 is 0 Å². The van der Waals surface area contributed by atoms with Gasteiger partial charge in [-0.1, -0.05) is 32.0 Å². The number of fused-ring (bicyclic) bond motifs is 1. The van der Waals surface area contributed by atoms with Gasteiger partial charge in [-0.2, -0.15) is 0 Å². The summed E-state index contributed by atoms with van der Waals surface area (Å²) in [5.41, 5.74) is 2.34. The fourth-order valence-electron chi connectivity index (χ4n) is 3.97. The zero-order chi connectivity index (χ0) is 25.9. The Balaban J connectivity index is 1.73. The summed E-state index contributed by atoms with van der Waals surface area (Å²) in [6.07, 6.45) is 0.192. The molecule has 1 amide bonds. The Morgan fingerprint density at radius 3 is 2.17 bits per heavy atom. The third-order valence-electron chi connectivity index (χ3n) is 6.02. The van der Waals surface area contributed by atoms with E-state index in [0.29, 0.717) is 28.6 Å². The first-order valence-electron chi connectivity index (χ1n) is 11.4. The molecule has 0 saturated carbocycles. The quantitative estimate of drug-likeness (QED) is 0.431. The van der Waals surface area contributed by atoms with E-state index in [1.54, 1.807) is 62.8 Å². The summed E-state index contributed by atoms with van der Waals surface area (Å²) >= 11 is 0. The van der Waals surface area contributed by atoms with Crippen LogP contribution in [0, 0.1) is 0 Å². The van der Waals surface area contributed by atoms with Crippen LogP contribution < -0.4 is 18.9 Å². The first-order valence-corrected chi connectivity index (χ1v) is 12.9. The molecule has 3 aromatic rings. The summed E-state index contributed by atoms with van der Waals surface area (Å²) in [7, 11) is -0.881. The molecule has 4 rings (SSSR count). The molecule has 1 N–H and O–H groups in total. The first-order chi connectivity index (χ1) is 17.2. The molecule has 3 aromatic carbocycles. The van der Waals surface area contributed by atoms with Crippen LogP contribution in [0.5, 0.6) is 23.0 Å². The van der Waals surface area contributed by atoms with Crippen molar-refractivity contribution in [1.29, 1.82) is 0 Å². The number of ether oxygens (including phenoxy) is 4. The summed E-state index contributed by atoms with van der Waals surface area (Å²) in [6.45, 7) is 4.15. The number of carbonyl (C=O) groups is 1. The van der Waals surface area contributed by atoms with Gasteiger partial charge in [0.2, 0.25) is 6.79 Å².